The van der Waals surface area contributed by atoms with Gasteiger partial charge in [-0.1, -0.05) is 18.5 Å². The van der Waals surface area contributed by atoms with Gasteiger partial charge in [0.2, 0.25) is 0 Å². The van der Waals surface area contributed by atoms with E-state index in [2.05, 4.69) is 30.4 Å². The topological polar surface area (TPSA) is 43.8 Å². The zero-order chi connectivity index (χ0) is 13.3. The van der Waals surface area contributed by atoms with Crippen LogP contribution in [0.1, 0.15) is 35.5 Å². The molecule has 3 nitrogen and oxygen atoms in total. The molecule has 0 aliphatic heterocycles. The molecule has 0 saturated heterocycles. The van der Waals surface area contributed by atoms with E-state index in [-0.39, 0.29) is 12.1 Å². The summed E-state index contributed by atoms with van der Waals surface area (Å²) in [7, 11) is 0. The minimum absolute atomic E-state index is 0.0396. The van der Waals surface area contributed by atoms with Crippen LogP contribution in [0.3, 0.4) is 0 Å². The van der Waals surface area contributed by atoms with Crippen LogP contribution >= 0.6 is 22.9 Å². The fourth-order valence-electron chi connectivity index (χ4n) is 2.02. The second-order valence-electron chi connectivity index (χ2n) is 4.53. The lowest BCUT2D eigenvalue weighted by atomic mass is 10.0. The first-order chi connectivity index (χ1) is 8.54. The molecule has 0 aromatic carbocycles. The molecule has 0 radical (unpaired) electrons. The summed E-state index contributed by atoms with van der Waals surface area (Å²) in [5.41, 5.74) is 8.38. The van der Waals surface area contributed by atoms with Crippen molar-refractivity contribution in [2.45, 2.75) is 39.3 Å². The van der Waals surface area contributed by atoms with E-state index in [4.69, 9.17) is 17.3 Å². The van der Waals surface area contributed by atoms with Crippen molar-refractivity contribution in [3.63, 3.8) is 0 Å². The second kappa shape index (κ2) is 5.43. The molecule has 2 rings (SSSR count). The summed E-state index contributed by atoms with van der Waals surface area (Å²) in [6, 6.07) is 2.23. The molecule has 5 heteroatoms. The molecule has 0 fully saturated rings. The molecule has 2 heterocycles. The highest BCUT2D eigenvalue weighted by Gasteiger charge is 2.24. The minimum atomic E-state index is 0.0396. The summed E-state index contributed by atoms with van der Waals surface area (Å²) in [6.45, 7) is 6.12. The van der Waals surface area contributed by atoms with E-state index in [1.54, 1.807) is 11.3 Å². The lowest BCUT2D eigenvalue weighted by Gasteiger charge is -2.23. The van der Waals surface area contributed by atoms with Gasteiger partial charge in [0.15, 0.2) is 0 Å². The SMILES string of the molecule is CCC(N)C(c1sccc1C)n1cc(Cl)c(C)n1. The van der Waals surface area contributed by atoms with Crippen molar-refractivity contribution >= 4 is 22.9 Å². The number of aryl methyl sites for hydroxylation is 2. The third kappa shape index (κ3) is 2.46. The highest BCUT2D eigenvalue weighted by atomic mass is 35.5. The van der Waals surface area contributed by atoms with Gasteiger partial charge in [0.1, 0.15) is 6.04 Å². The number of rotatable bonds is 4. The van der Waals surface area contributed by atoms with Gasteiger partial charge in [-0.3, -0.25) is 4.68 Å². The maximum absolute atomic E-state index is 6.27. The van der Waals surface area contributed by atoms with Crippen molar-refractivity contribution in [2.24, 2.45) is 5.73 Å². The van der Waals surface area contributed by atoms with E-state index in [1.807, 2.05) is 17.8 Å². The van der Waals surface area contributed by atoms with Crippen LogP contribution in [0.2, 0.25) is 5.02 Å². The molecule has 0 aliphatic rings. The Morgan fingerprint density at radius 1 is 1.50 bits per heavy atom. The molecule has 0 aliphatic carbocycles. The number of halogens is 1. The van der Waals surface area contributed by atoms with Crippen molar-refractivity contribution in [1.29, 1.82) is 0 Å². The molecule has 2 unspecified atom stereocenters. The number of nitrogens with two attached hydrogens (primary N) is 1. The van der Waals surface area contributed by atoms with Gasteiger partial charge in [0.05, 0.1) is 10.7 Å². The summed E-state index contributed by atoms with van der Waals surface area (Å²) in [6.07, 6.45) is 2.77. The normalized spacial score (nSPS) is 14.7. The smallest absolute Gasteiger partial charge is 0.101 e. The number of thiophene rings is 1. The van der Waals surface area contributed by atoms with Gasteiger partial charge in [-0.05, 0) is 37.3 Å². The molecule has 98 valence electrons. The molecule has 2 atom stereocenters. The number of hydrogen-bond acceptors (Lipinski definition) is 3. The summed E-state index contributed by atoms with van der Waals surface area (Å²) >= 11 is 7.83. The van der Waals surface area contributed by atoms with Gasteiger partial charge < -0.3 is 5.73 Å². The molecule has 0 bridgehead atoms. The van der Waals surface area contributed by atoms with Crippen LogP contribution in [-0.2, 0) is 0 Å². The van der Waals surface area contributed by atoms with E-state index in [9.17, 15) is 0 Å². The molecular formula is C13H18ClN3S. The van der Waals surface area contributed by atoms with E-state index in [0.717, 1.165) is 12.1 Å². The Morgan fingerprint density at radius 3 is 2.67 bits per heavy atom. The minimum Gasteiger partial charge on any atom is -0.326 e. The van der Waals surface area contributed by atoms with Gasteiger partial charge >= 0.3 is 0 Å². The molecule has 2 N–H and O–H groups in total. The van der Waals surface area contributed by atoms with E-state index >= 15 is 0 Å². The molecular weight excluding hydrogens is 266 g/mol. The van der Waals surface area contributed by atoms with Gasteiger partial charge in [0, 0.05) is 17.1 Å². The zero-order valence-corrected chi connectivity index (χ0v) is 12.4. The first-order valence-corrected chi connectivity index (χ1v) is 7.31. The summed E-state index contributed by atoms with van der Waals surface area (Å²) in [4.78, 5) is 1.27. The standard InChI is InChI=1S/C13H18ClN3S/c1-4-11(15)12(13-8(2)5-6-18-13)17-7-10(14)9(3)16-17/h5-7,11-12H,4,15H2,1-3H3. The Morgan fingerprint density at radius 2 is 2.22 bits per heavy atom. The number of aromatic nitrogens is 2. The largest absolute Gasteiger partial charge is 0.326 e. The number of hydrogen-bond donors (Lipinski definition) is 1. The molecule has 0 saturated carbocycles. The molecule has 0 spiro atoms. The second-order valence-corrected chi connectivity index (χ2v) is 5.88. The van der Waals surface area contributed by atoms with Crippen LogP contribution in [-0.4, -0.2) is 15.8 Å². The van der Waals surface area contributed by atoms with Crippen molar-refractivity contribution in [3.05, 3.63) is 38.8 Å². The summed E-state index contributed by atoms with van der Waals surface area (Å²) in [5.74, 6) is 0. The lowest BCUT2D eigenvalue weighted by molar-refractivity contribution is 0.427. The predicted octanol–water partition coefficient (Wildman–Crippen LogP) is 3.54. The fourth-order valence-corrected chi connectivity index (χ4v) is 3.26. The first kappa shape index (κ1) is 13.6. The van der Waals surface area contributed by atoms with Crippen LogP contribution in [0.25, 0.3) is 0 Å². The Kier molecular flexibility index (Phi) is 4.10. The highest BCUT2D eigenvalue weighted by molar-refractivity contribution is 7.10. The zero-order valence-electron chi connectivity index (χ0n) is 10.9. The van der Waals surface area contributed by atoms with E-state index in [1.165, 1.54) is 10.4 Å². The van der Waals surface area contributed by atoms with Gasteiger partial charge in [-0.15, -0.1) is 11.3 Å². The third-order valence-electron chi connectivity index (χ3n) is 3.19. The van der Waals surface area contributed by atoms with E-state index in [0.29, 0.717) is 5.02 Å². The van der Waals surface area contributed by atoms with Crippen LogP contribution in [0.15, 0.2) is 17.6 Å². The maximum Gasteiger partial charge on any atom is 0.101 e. The van der Waals surface area contributed by atoms with Crippen molar-refractivity contribution in [1.82, 2.24) is 9.78 Å². The Balaban J connectivity index is 2.46. The van der Waals surface area contributed by atoms with Crippen molar-refractivity contribution in [3.8, 4) is 0 Å². The highest BCUT2D eigenvalue weighted by Crippen LogP contribution is 2.31. The van der Waals surface area contributed by atoms with Crippen LogP contribution < -0.4 is 5.73 Å². The Hall–Kier alpha value is -0.840. The Bertz CT molecular complexity index is 513. The Labute approximate surface area is 117 Å². The average Bonchev–Trinajstić information content (AvgIpc) is 2.88. The van der Waals surface area contributed by atoms with Crippen LogP contribution in [0.4, 0.5) is 0 Å². The van der Waals surface area contributed by atoms with Gasteiger partial charge in [-0.25, -0.2) is 0 Å². The van der Waals surface area contributed by atoms with Gasteiger partial charge in [0.25, 0.3) is 0 Å². The number of nitrogens with zero attached hydrogens (tertiary/aromatic N) is 2. The maximum atomic E-state index is 6.27. The summed E-state index contributed by atoms with van der Waals surface area (Å²) < 4.78 is 1.91. The van der Waals surface area contributed by atoms with Crippen molar-refractivity contribution in [2.75, 3.05) is 0 Å². The third-order valence-corrected chi connectivity index (χ3v) is 4.65. The molecule has 0 amide bonds. The average molecular weight is 284 g/mol. The molecule has 2 aromatic heterocycles. The molecule has 2 aromatic rings. The fraction of sp³-hybridized carbons (Fsp3) is 0.462. The van der Waals surface area contributed by atoms with Gasteiger partial charge in [-0.2, -0.15) is 5.10 Å². The van der Waals surface area contributed by atoms with E-state index < -0.39 is 0 Å². The molecule has 18 heavy (non-hydrogen) atoms. The summed E-state index contributed by atoms with van der Waals surface area (Å²) in [5, 5.41) is 7.28. The monoisotopic (exact) mass is 283 g/mol. The first-order valence-electron chi connectivity index (χ1n) is 6.05. The van der Waals surface area contributed by atoms with Crippen molar-refractivity contribution < 1.29 is 0 Å². The predicted molar refractivity (Wildman–Crippen MR) is 77.4 cm³/mol. The quantitative estimate of drug-likeness (QED) is 0.933. The lowest BCUT2D eigenvalue weighted by Crippen LogP contribution is -2.32. The van der Waals surface area contributed by atoms with Crippen LogP contribution in [0, 0.1) is 13.8 Å². The van der Waals surface area contributed by atoms with Crippen LogP contribution in [0.5, 0.6) is 0 Å².